The van der Waals surface area contributed by atoms with Gasteiger partial charge in [0, 0.05) is 39.5 Å². The van der Waals surface area contributed by atoms with Crippen LogP contribution in [0.3, 0.4) is 0 Å². The van der Waals surface area contributed by atoms with Crippen molar-refractivity contribution in [1.82, 2.24) is 30.3 Å². The minimum Gasteiger partial charge on any atom is -0.356 e. The zero-order valence-corrected chi connectivity index (χ0v) is 20.0. The number of guanidine groups is 1. The molecule has 8 heteroatoms. The van der Waals surface area contributed by atoms with Crippen LogP contribution >= 0.6 is 24.0 Å². The number of rotatable bonds is 7. The normalized spacial score (nSPS) is 18.9. The first-order valence-electron chi connectivity index (χ1n) is 10.8. The second-order valence-electron chi connectivity index (χ2n) is 8.05. The number of hydrogen-bond acceptors (Lipinski definition) is 4. The van der Waals surface area contributed by atoms with Gasteiger partial charge in [-0.1, -0.05) is 13.3 Å². The highest BCUT2D eigenvalue weighted by Crippen LogP contribution is 2.16. The summed E-state index contributed by atoms with van der Waals surface area (Å²) in [6.07, 6.45) is 9.60. The van der Waals surface area contributed by atoms with Crippen molar-refractivity contribution in [2.24, 2.45) is 10.9 Å². The van der Waals surface area contributed by atoms with E-state index in [-0.39, 0.29) is 24.0 Å². The van der Waals surface area contributed by atoms with Gasteiger partial charge >= 0.3 is 0 Å². The Kier molecular flexibility index (Phi) is 10.5. The lowest BCUT2D eigenvalue weighted by Gasteiger charge is -2.30. The van der Waals surface area contributed by atoms with Gasteiger partial charge in [0.2, 0.25) is 0 Å². The molecule has 0 bridgehead atoms. The molecule has 0 amide bonds. The second-order valence-corrected chi connectivity index (χ2v) is 8.05. The Hall–Kier alpha value is -0.900. The van der Waals surface area contributed by atoms with E-state index in [0.29, 0.717) is 0 Å². The second kappa shape index (κ2) is 12.6. The van der Waals surface area contributed by atoms with Gasteiger partial charge in [0.15, 0.2) is 5.96 Å². The Morgan fingerprint density at radius 2 is 1.86 bits per heavy atom. The smallest absolute Gasteiger partial charge is 0.190 e. The summed E-state index contributed by atoms with van der Waals surface area (Å²) in [6, 6.07) is 0. The molecule has 0 aromatic carbocycles. The van der Waals surface area contributed by atoms with Gasteiger partial charge in [0.25, 0.3) is 0 Å². The summed E-state index contributed by atoms with van der Waals surface area (Å²) in [6.45, 7) is 8.94. The number of nitrogens with one attached hydrogen (secondary N) is 2. The highest BCUT2D eigenvalue weighted by Gasteiger charge is 2.15. The van der Waals surface area contributed by atoms with E-state index in [1.807, 2.05) is 7.05 Å². The van der Waals surface area contributed by atoms with Gasteiger partial charge in [-0.25, -0.2) is 0 Å². The average molecular weight is 503 g/mol. The molecule has 2 N–H and O–H groups in total. The van der Waals surface area contributed by atoms with Gasteiger partial charge in [-0.15, -0.1) is 34.2 Å². The molecule has 1 aromatic heterocycles. The molecule has 160 valence electrons. The number of hydrogen-bond donors (Lipinski definition) is 2. The molecule has 1 aromatic rings. The van der Waals surface area contributed by atoms with Gasteiger partial charge in [-0.3, -0.25) is 4.99 Å². The average Bonchev–Trinajstić information content (AvgIpc) is 2.91. The number of piperidine rings is 1. The van der Waals surface area contributed by atoms with Crippen molar-refractivity contribution in [3.8, 4) is 0 Å². The molecule has 0 unspecified atom stereocenters. The summed E-state index contributed by atoms with van der Waals surface area (Å²) in [5.41, 5.74) is 0. The molecule has 0 spiro atoms. The third-order valence-corrected chi connectivity index (χ3v) is 5.87. The molecule has 0 radical (unpaired) electrons. The molecular weight excluding hydrogens is 465 g/mol. The van der Waals surface area contributed by atoms with Crippen molar-refractivity contribution >= 4 is 29.9 Å². The highest BCUT2D eigenvalue weighted by molar-refractivity contribution is 14.0. The molecule has 3 heterocycles. The fourth-order valence-corrected chi connectivity index (χ4v) is 4.04. The third kappa shape index (κ3) is 7.17. The molecule has 0 saturated carbocycles. The summed E-state index contributed by atoms with van der Waals surface area (Å²) < 4.78 is 2.32. The fourth-order valence-electron chi connectivity index (χ4n) is 4.04. The fraction of sp³-hybridized carbons (Fsp3) is 0.850. The van der Waals surface area contributed by atoms with Gasteiger partial charge < -0.3 is 20.1 Å². The van der Waals surface area contributed by atoms with Crippen molar-refractivity contribution in [3.05, 3.63) is 11.6 Å². The van der Waals surface area contributed by atoms with Crippen molar-refractivity contribution < 1.29 is 0 Å². The van der Waals surface area contributed by atoms with E-state index in [2.05, 4.69) is 42.2 Å². The number of aryl methyl sites for hydroxylation is 1. The first-order valence-corrected chi connectivity index (χ1v) is 10.8. The minimum atomic E-state index is 0. The molecule has 1 saturated heterocycles. The lowest BCUT2D eigenvalue weighted by molar-refractivity contribution is 0.191. The maximum absolute atomic E-state index is 4.40. The highest BCUT2D eigenvalue weighted by atomic mass is 127. The van der Waals surface area contributed by atoms with E-state index < -0.39 is 0 Å². The number of aliphatic imine (C=N–C) groups is 1. The van der Waals surface area contributed by atoms with Crippen molar-refractivity contribution in [1.29, 1.82) is 0 Å². The van der Waals surface area contributed by atoms with Crippen LogP contribution in [0.1, 0.15) is 57.1 Å². The first kappa shape index (κ1) is 23.4. The zero-order valence-electron chi connectivity index (χ0n) is 17.6. The first-order chi connectivity index (χ1) is 13.3. The van der Waals surface area contributed by atoms with E-state index in [9.17, 15) is 0 Å². The zero-order chi connectivity index (χ0) is 18.9. The van der Waals surface area contributed by atoms with Gasteiger partial charge in [0.1, 0.15) is 11.6 Å². The van der Waals surface area contributed by atoms with Crippen molar-refractivity contribution in [2.45, 2.75) is 64.8 Å². The summed E-state index contributed by atoms with van der Waals surface area (Å²) >= 11 is 0. The van der Waals surface area contributed by atoms with E-state index in [0.717, 1.165) is 62.4 Å². The van der Waals surface area contributed by atoms with Gasteiger partial charge in [0.05, 0.1) is 0 Å². The summed E-state index contributed by atoms with van der Waals surface area (Å²) in [5, 5.41) is 15.6. The number of likely N-dealkylation sites (tertiary alicyclic amines) is 1. The molecule has 2 aliphatic heterocycles. The molecule has 2 aliphatic rings. The van der Waals surface area contributed by atoms with Crippen molar-refractivity contribution in [3.63, 3.8) is 0 Å². The Balaban J connectivity index is 0.00000280. The van der Waals surface area contributed by atoms with Gasteiger partial charge in [-0.2, -0.15) is 0 Å². The van der Waals surface area contributed by atoms with E-state index in [4.69, 9.17) is 0 Å². The van der Waals surface area contributed by atoms with E-state index in [1.54, 1.807) is 0 Å². The monoisotopic (exact) mass is 503 g/mol. The number of halogens is 1. The van der Waals surface area contributed by atoms with Crippen LogP contribution in [0.4, 0.5) is 0 Å². The Bertz CT molecular complexity index is 593. The maximum atomic E-state index is 4.40. The van der Waals surface area contributed by atoms with Crippen LogP contribution in [-0.2, 0) is 19.4 Å². The van der Waals surface area contributed by atoms with E-state index in [1.165, 1.54) is 51.7 Å². The van der Waals surface area contributed by atoms with Crippen LogP contribution < -0.4 is 10.6 Å². The molecule has 3 rings (SSSR count). The number of fused-ring (bicyclic) bond motifs is 1. The standard InChI is InChI=1S/C20H37N7.HI/c1-17-9-15-26(16-10-17)13-6-11-22-20(21-2)23-12-8-19-25-24-18-7-4-3-5-14-27(18)19;/h17H,3-16H2,1-2H3,(H2,21,22,23);1H. The minimum absolute atomic E-state index is 0. The Labute approximate surface area is 187 Å². The largest absolute Gasteiger partial charge is 0.356 e. The van der Waals surface area contributed by atoms with Crippen LogP contribution in [0, 0.1) is 5.92 Å². The Morgan fingerprint density at radius 1 is 1.07 bits per heavy atom. The maximum Gasteiger partial charge on any atom is 0.190 e. The molecule has 7 nitrogen and oxygen atoms in total. The molecular formula is C20H38IN7. The summed E-state index contributed by atoms with van der Waals surface area (Å²) in [5.74, 6) is 4.06. The van der Waals surface area contributed by atoms with Crippen LogP contribution in [0.5, 0.6) is 0 Å². The quantitative estimate of drug-likeness (QED) is 0.259. The topological polar surface area (TPSA) is 70.4 Å². The molecule has 28 heavy (non-hydrogen) atoms. The predicted octanol–water partition coefficient (Wildman–Crippen LogP) is 2.45. The number of aromatic nitrogens is 3. The van der Waals surface area contributed by atoms with E-state index >= 15 is 0 Å². The number of nitrogens with zero attached hydrogens (tertiary/aromatic N) is 5. The summed E-state index contributed by atoms with van der Waals surface area (Å²) in [4.78, 5) is 6.93. The van der Waals surface area contributed by atoms with Crippen LogP contribution in [0.2, 0.25) is 0 Å². The van der Waals surface area contributed by atoms with Crippen LogP contribution in [0.25, 0.3) is 0 Å². The lowest BCUT2D eigenvalue weighted by atomic mass is 9.99. The summed E-state index contributed by atoms with van der Waals surface area (Å²) in [7, 11) is 1.84. The Morgan fingerprint density at radius 3 is 2.64 bits per heavy atom. The third-order valence-electron chi connectivity index (χ3n) is 5.87. The van der Waals surface area contributed by atoms with Crippen molar-refractivity contribution in [2.75, 3.05) is 39.8 Å². The molecule has 0 atom stereocenters. The van der Waals surface area contributed by atoms with Gasteiger partial charge in [-0.05, 0) is 57.7 Å². The predicted molar refractivity (Wildman–Crippen MR) is 126 cm³/mol. The lowest BCUT2D eigenvalue weighted by Crippen LogP contribution is -2.40. The van der Waals surface area contributed by atoms with Crippen LogP contribution in [-0.4, -0.2) is 65.4 Å². The SMILES string of the molecule is CN=C(NCCCN1CCC(C)CC1)NCCc1nnc2n1CCCCC2.I. The van der Waals surface area contributed by atoms with Crippen LogP contribution in [0.15, 0.2) is 4.99 Å². The molecule has 0 aliphatic carbocycles. The molecule has 1 fully saturated rings.